The van der Waals surface area contributed by atoms with Gasteiger partial charge in [0.25, 0.3) is 0 Å². The lowest BCUT2D eigenvalue weighted by Crippen LogP contribution is -2.04. The molecule has 9 heteroatoms. The van der Waals surface area contributed by atoms with Crippen molar-refractivity contribution in [2.24, 2.45) is 23.7 Å². The predicted octanol–water partition coefficient (Wildman–Crippen LogP) is 13.3. The lowest BCUT2D eigenvalue weighted by Gasteiger charge is -2.14. The number of nitrogens with one attached hydrogen (secondary N) is 2. The van der Waals surface area contributed by atoms with Gasteiger partial charge >= 0.3 is 0 Å². The maximum absolute atomic E-state index is 7.00. The number of nitrogens with two attached hydrogens (primary N) is 1. The van der Waals surface area contributed by atoms with E-state index in [1.807, 2.05) is 30.4 Å². The van der Waals surface area contributed by atoms with Crippen molar-refractivity contribution < 1.29 is 18.9 Å². The first-order valence-corrected chi connectivity index (χ1v) is 22.1. The zero-order chi connectivity index (χ0) is 43.0. The Balaban J connectivity index is 1.41. The van der Waals surface area contributed by atoms with E-state index in [4.69, 9.17) is 34.6 Å². The minimum Gasteiger partial charge on any atom is -0.493 e. The topological polar surface area (TPSA) is 120 Å². The second-order valence-electron chi connectivity index (χ2n) is 17.9. The summed E-state index contributed by atoms with van der Waals surface area (Å²) >= 11 is 0. The summed E-state index contributed by atoms with van der Waals surface area (Å²) in [5, 5.41) is 0. The Labute approximate surface area is 361 Å². The Morgan fingerprint density at radius 1 is 0.459 bits per heavy atom. The molecule has 0 radical (unpaired) electrons. The summed E-state index contributed by atoms with van der Waals surface area (Å²) in [6.45, 7) is 20.1. The molecule has 7 rings (SSSR count). The average molecular weight is 822 g/mol. The Morgan fingerprint density at radius 2 is 0.869 bits per heavy atom. The number of H-pyrrole nitrogens is 2. The van der Waals surface area contributed by atoms with Crippen LogP contribution in [0.4, 0.5) is 5.69 Å². The summed E-state index contributed by atoms with van der Waals surface area (Å²) in [7, 11) is 0. The second kappa shape index (κ2) is 19.6. The molecule has 0 atom stereocenters. The zero-order valence-corrected chi connectivity index (χ0v) is 37.2. The molecule has 320 valence electrons. The predicted molar refractivity (Wildman–Crippen MR) is 254 cm³/mol. The largest absolute Gasteiger partial charge is 0.493 e. The van der Waals surface area contributed by atoms with E-state index < -0.39 is 0 Å². The van der Waals surface area contributed by atoms with Gasteiger partial charge in [0.1, 0.15) is 23.0 Å². The molecule has 0 spiro atoms. The molecule has 0 saturated heterocycles. The van der Waals surface area contributed by atoms with Gasteiger partial charge in [-0.1, -0.05) is 55.4 Å². The normalized spacial score (nSPS) is 12.3. The van der Waals surface area contributed by atoms with Crippen LogP contribution in [0.1, 0.15) is 104 Å². The third kappa shape index (κ3) is 11.3. The number of nitrogen functional groups attached to an aromatic ring is 1. The highest BCUT2D eigenvalue weighted by atomic mass is 16.5. The van der Waals surface area contributed by atoms with E-state index in [1.54, 1.807) is 0 Å². The fourth-order valence-corrected chi connectivity index (χ4v) is 7.18. The zero-order valence-electron chi connectivity index (χ0n) is 37.2. The van der Waals surface area contributed by atoms with Crippen molar-refractivity contribution in [3.05, 3.63) is 89.5 Å². The SMILES string of the molecule is CC(C)CCOc1cc(OCCC(C)C)cc(-c2c3nc(c(N)c4ccc([nH]4)c(-c4cc(OCCC(C)C)cc(OCCC(C)C)c4)c4nc(cc5ccc2[nH]5)C=C4)C=C3)c1. The molecule has 2 aliphatic rings. The van der Waals surface area contributed by atoms with Crippen LogP contribution >= 0.6 is 0 Å². The number of nitrogens with zero attached hydrogens (tertiary/aromatic N) is 2. The molecule has 3 aromatic heterocycles. The molecular weight excluding hydrogens is 759 g/mol. The van der Waals surface area contributed by atoms with Crippen LogP contribution < -0.4 is 24.7 Å². The Kier molecular flexibility index (Phi) is 13.9. The fourth-order valence-electron chi connectivity index (χ4n) is 7.18. The van der Waals surface area contributed by atoms with Gasteiger partial charge < -0.3 is 34.6 Å². The number of aromatic amines is 2. The quantitative estimate of drug-likeness (QED) is 0.0788. The van der Waals surface area contributed by atoms with Gasteiger partial charge in [-0.15, -0.1) is 0 Å². The maximum atomic E-state index is 7.00. The van der Waals surface area contributed by atoms with Gasteiger partial charge in [0.05, 0.1) is 60.4 Å². The standard InChI is InChI=1S/C52H63N5O4/c1-32(2)17-21-58-40-25-36(26-41(30-40)59-22-18-33(3)4)50-44-11-9-38(54-44)29-39-10-12-45(55-39)51(47-14-16-49(57-47)52(53)48-15-13-46(50)56-48)37-27-42(60-23-19-34(5)6)31-43(28-37)61-24-20-35(7)8/h9-16,25-35,54,57H,17-24,53H2,1-8H3. The number of aromatic nitrogens is 4. The second-order valence-corrected chi connectivity index (χ2v) is 17.9. The molecule has 0 aliphatic carbocycles. The van der Waals surface area contributed by atoms with E-state index >= 15 is 0 Å². The van der Waals surface area contributed by atoms with Crippen LogP contribution in [-0.4, -0.2) is 46.4 Å². The van der Waals surface area contributed by atoms with Crippen molar-refractivity contribution in [2.45, 2.75) is 81.1 Å². The number of anilines is 1. The smallest absolute Gasteiger partial charge is 0.123 e. The molecule has 4 N–H and O–H groups in total. The van der Waals surface area contributed by atoms with Crippen LogP contribution in [0.2, 0.25) is 0 Å². The molecule has 5 aromatic rings. The van der Waals surface area contributed by atoms with Crippen LogP contribution in [0.5, 0.6) is 23.0 Å². The summed E-state index contributed by atoms with van der Waals surface area (Å²) in [5.41, 5.74) is 17.7. The monoisotopic (exact) mass is 821 g/mol. The highest BCUT2D eigenvalue weighted by Gasteiger charge is 2.18. The van der Waals surface area contributed by atoms with Crippen molar-refractivity contribution in [3.63, 3.8) is 0 Å². The first-order valence-electron chi connectivity index (χ1n) is 22.1. The van der Waals surface area contributed by atoms with Crippen molar-refractivity contribution in [3.8, 4) is 45.3 Å². The highest BCUT2D eigenvalue weighted by molar-refractivity contribution is 5.96. The third-order valence-electron chi connectivity index (χ3n) is 10.8. The van der Waals surface area contributed by atoms with E-state index in [1.165, 1.54) is 0 Å². The molecule has 5 heterocycles. The number of fused-ring (bicyclic) bond motifs is 8. The minimum atomic E-state index is 0.528. The van der Waals surface area contributed by atoms with Gasteiger partial charge in [-0.3, -0.25) is 0 Å². The molecule has 0 amide bonds. The van der Waals surface area contributed by atoms with Gasteiger partial charge in [0, 0.05) is 39.8 Å². The molecule has 9 nitrogen and oxygen atoms in total. The molecule has 0 fully saturated rings. The molecule has 2 aliphatic heterocycles. The van der Waals surface area contributed by atoms with Crippen molar-refractivity contribution in [2.75, 3.05) is 32.2 Å². The van der Waals surface area contributed by atoms with E-state index in [2.05, 4.69) is 126 Å². The Hall–Kier alpha value is -5.96. The van der Waals surface area contributed by atoms with Crippen LogP contribution in [0.25, 0.3) is 68.6 Å². The number of ether oxygens (including phenoxy) is 4. The first kappa shape index (κ1) is 43.1. The van der Waals surface area contributed by atoms with E-state index in [0.29, 0.717) is 61.5 Å². The van der Waals surface area contributed by atoms with Gasteiger partial charge in [-0.2, -0.15) is 0 Å². The molecule has 61 heavy (non-hydrogen) atoms. The molecule has 0 unspecified atom stereocenters. The lowest BCUT2D eigenvalue weighted by molar-refractivity contribution is 0.276. The Bertz CT molecular complexity index is 2400. The van der Waals surface area contributed by atoms with Crippen molar-refractivity contribution in [1.29, 1.82) is 0 Å². The number of benzene rings is 2. The summed E-state index contributed by atoms with van der Waals surface area (Å²) in [4.78, 5) is 17.7. The summed E-state index contributed by atoms with van der Waals surface area (Å²) < 4.78 is 25.4. The van der Waals surface area contributed by atoms with E-state index in [9.17, 15) is 0 Å². The highest BCUT2D eigenvalue weighted by Crippen LogP contribution is 2.38. The summed E-state index contributed by atoms with van der Waals surface area (Å²) in [6.07, 6.45) is 11.9. The summed E-state index contributed by atoms with van der Waals surface area (Å²) in [6, 6.07) is 22.6. The van der Waals surface area contributed by atoms with Crippen LogP contribution in [0.3, 0.4) is 0 Å². The molecule has 8 bridgehead atoms. The van der Waals surface area contributed by atoms with Gasteiger partial charge in [0.15, 0.2) is 0 Å². The van der Waals surface area contributed by atoms with Crippen molar-refractivity contribution >= 4 is 52.1 Å². The summed E-state index contributed by atoms with van der Waals surface area (Å²) in [5.74, 6) is 5.15. The Morgan fingerprint density at radius 3 is 1.36 bits per heavy atom. The average Bonchev–Trinajstić information content (AvgIpc) is 4.04. The van der Waals surface area contributed by atoms with Gasteiger partial charge in [-0.25, -0.2) is 9.97 Å². The third-order valence-corrected chi connectivity index (χ3v) is 10.8. The maximum Gasteiger partial charge on any atom is 0.123 e. The molecular formula is C52H63N5O4. The van der Waals surface area contributed by atoms with Gasteiger partial charge in [0.2, 0.25) is 0 Å². The fraction of sp³-hybridized carbons (Fsp3) is 0.385. The molecule has 2 aromatic carbocycles. The number of hydrogen-bond donors (Lipinski definition) is 3. The van der Waals surface area contributed by atoms with Crippen LogP contribution in [0, 0.1) is 23.7 Å². The lowest BCUT2D eigenvalue weighted by atomic mass is 10.0. The van der Waals surface area contributed by atoms with E-state index in [0.717, 1.165) is 110 Å². The molecule has 0 saturated carbocycles. The van der Waals surface area contributed by atoms with Crippen molar-refractivity contribution in [1.82, 2.24) is 19.9 Å². The number of rotatable bonds is 18. The van der Waals surface area contributed by atoms with Crippen LogP contribution in [-0.2, 0) is 0 Å². The minimum absolute atomic E-state index is 0.528. The first-order chi connectivity index (χ1) is 29.4. The van der Waals surface area contributed by atoms with E-state index in [-0.39, 0.29) is 0 Å². The number of hydrogen-bond acceptors (Lipinski definition) is 7. The van der Waals surface area contributed by atoms with Crippen LogP contribution in [0.15, 0.2) is 66.7 Å². The van der Waals surface area contributed by atoms with Gasteiger partial charge in [-0.05, 0) is 139 Å².